The zero-order valence-corrected chi connectivity index (χ0v) is 21.6. The number of benzene rings is 2. The van der Waals surface area contributed by atoms with Crippen molar-refractivity contribution in [1.82, 2.24) is 14.5 Å². The van der Waals surface area contributed by atoms with E-state index in [0.717, 1.165) is 23.9 Å². The number of carbonyl (C=O) groups is 1. The molecule has 1 N–H and O–H groups in total. The highest BCUT2D eigenvalue weighted by molar-refractivity contribution is 5.96. The summed E-state index contributed by atoms with van der Waals surface area (Å²) in [6, 6.07) is 13.1. The SMILES string of the molecule is CCOCCCCC(=O)c1cccc(-n2ccc3cnc(Nc4cc(OC)c(OC)c(OC)c4)nc32)c1. The van der Waals surface area contributed by atoms with Crippen molar-refractivity contribution in [3.05, 3.63) is 60.4 Å². The first-order chi connectivity index (χ1) is 18.1. The fourth-order valence-corrected chi connectivity index (χ4v) is 4.08. The van der Waals surface area contributed by atoms with Gasteiger partial charge in [-0.15, -0.1) is 0 Å². The van der Waals surface area contributed by atoms with Crippen molar-refractivity contribution in [2.45, 2.75) is 26.2 Å². The van der Waals surface area contributed by atoms with Crippen molar-refractivity contribution in [1.29, 1.82) is 0 Å². The van der Waals surface area contributed by atoms with E-state index in [1.807, 2.05) is 48.0 Å². The summed E-state index contributed by atoms with van der Waals surface area (Å²) in [6.07, 6.45) is 5.85. The summed E-state index contributed by atoms with van der Waals surface area (Å²) in [6.45, 7) is 3.36. The molecular formula is C28H32N4O5. The van der Waals surface area contributed by atoms with E-state index in [2.05, 4.69) is 10.3 Å². The summed E-state index contributed by atoms with van der Waals surface area (Å²) in [5.74, 6) is 2.07. The van der Waals surface area contributed by atoms with Crippen molar-refractivity contribution >= 4 is 28.5 Å². The van der Waals surface area contributed by atoms with Crippen LogP contribution in [-0.2, 0) is 4.74 Å². The molecule has 2 heterocycles. The molecule has 0 atom stereocenters. The Kier molecular flexibility index (Phi) is 8.58. The maximum absolute atomic E-state index is 12.8. The molecule has 0 saturated heterocycles. The van der Waals surface area contributed by atoms with Gasteiger partial charge in [0.05, 0.1) is 21.3 Å². The van der Waals surface area contributed by atoms with Crippen LogP contribution in [0.1, 0.15) is 36.5 Å². The molecule has 0 aliphatic rings. The summed E-state index contributed by atoms with van der Waals surface area (Å²) >= 11 is 0. The molecule has 4 rings (SSSR count). The van der Waals surface area contributed by atoms with Crippen LogP contribution in [0, 0.1) is 0 Å². The number of unbranched alkanes of at least 4 members (excludes halogenated alkanes) is 1. The predicted octanol–water partition coefficient (Wildman–Crippen LogP) is 5.58. The van der Waals surface area contributed by atoms with Gasteiger partial charge in [-0.3, -0.25) is 4.79 Å². The Hall–Kier alpha value is -4.11. The van der Waals surface area contributed by atoms with Crippen LogP contribution >= 0.6 is 0 Å². The van der Waals surface area contributed by atoms with E-state index in [1.54, 1.807) is 39.7 Å². The van der Waals surface area contributed by atoms with Crippen molar-refractivity contribution in [2.24, 2.45) is 0 Å². The molecule has 0 saturated carbocycles. The highest BCUT2D eigenvalue weighted by Gasteiger charge is 2.15. The van der Waals surface area contributed by atoms with E-state index in [1.165, 1.54) is 0 Å². The van der Waals surface area contributed by atoms with Crippen LogP contribution in [0.5, 0.6) is 17.2 Å². The van der Waals surface area contributed by atoms with Crippen LogP contribution in [0.2, 0.25) is 0 Å². The standard InChI is InChI=1S/C28H32N4O5/c1-5-37-14-7-6-11-23(33)19-9-8-10-22(15-19)32-13-12-20-18-29-28(31-27(20)32)30-21-16-24(34-2)26(36-4)25(17-21)35-3/h8-10,12-13,15-18H,5-7,11,14H2,1-4H3,(H,29,30,31). The minimum atomic E-state index is 0.120. The summed E-state index contributed by atoms with van der Waals surface area (Å²) in [5, 5.41) is 4.09. The molecule has 0 radical (unpaired) electrons. The second-order valence-electron chi connectivity index (χ2n) is 8.32. The number of fused-ring (bicyclic) bond motifs is 1. The number of ketones is 1. The second kappa shape index (κ2) is 12.2. The maximum atomic E-state index is 12.8. The molecule has 9 heteroatoms. The van der Waals surface area contributed by atoms with Crippen LogP contribution in [0.4, 0.5) is 11.6 Å². The average Bonchev–Trinajstić information content (AvgIpc) is 3.35. The molecular weight excluding hydrogens is 472 g/mol. The third-order valence-corrected chi connectivity index (χ3v) is 5.94. The van der Waals surface area contributed by atoms with Gasteiger partial charge >= 0.3 is 0 Å². The number of carbonyl (C=O) groups excluding carboxylic acids is 1. The van der Waals surface area contributed by atoms with Gasteiger partial charge in [0, 0.05) is 66.5 Å². The van der Waals surface area contributed by atoms with Gasteiger partial charge in [0.2, 0.25) is 11.7 Å². The lowest BCUT2D eigenvalue weighted by molar-refractivity contribution is 0.0970. The lowest BCUT2D eigenvalue weighted by atomic mass is 10.0. The molecule has 2 aromatic carbocycles. The monoisotopic (exact) mass is 504 g/mol. The lowest BCUT2D eigenvalue weighted by Crippen LogP contribution is -2.03. The van der Waals surface area contributed by atoms with Gasteiger partial charge in [-0.05, 0) is 38.0 Å². The highest BCUT2D eigenvalue weighted by atomic mass is 16.5. The van der Waals surface area contributed by atoms with E-state index in [0.29, 0.717) is 59.7 Å². The summed E-state index contributed by atoms with van der Waals surface area (Å²) < 4.78 is 23.6. The predicted molar refractivity (Wildman–Crippen MR) is 143 cm³/mol. The first-order valence-electron chi connectivity index (χ1n) is 12.2. The Morgan fingerprint density at radius 3 is 2.49 bits per heavy atom. The number of nitrogens with zero attached hydrogens (tertiary/aromatic N) is 3. The first-order valence-corrected chi connectivity index (χ1v) is 12.2. The van der Waals surface area contributed by atoms with Crippen LogP contribution in [0.15, 0.2) is 54.9 Å². The van der Waals surface area contributed by atoms with Gasteiger partial charge in [0.15, 0.2) is 17.3 Å². The van der Waals surface area contributed by atoms with Gasteiger partial charge < -0.3 is 28.8 Å². The molecule has 0 aliphatic heterocycles. The summed E-state index contributed by atoms with van der Waals surface area (Å²) in [5.41, 5.74) is 2.93. The molecule has 0 aliphatic carbocycles. The van der Waals surface area contributed by atoms with E-state index in [4.69, 9.17) is 23.9 Å². The Morgan fingerprint density at radius 2 is 1.78 bits per heavy atom. The Morgan fingerprint density at radius 1 is 1.00 bits per heavy atom. The van der Waals surface area contributed by atoms with Gasteiger partial charge in [-0.1, -0.05) is 12.1 Å². The van der Waals surface area contributed by atoms with Crippen LogP contribution in [0.25, 0.3) is 16.7 Å². The number of anilines is 2. The smallest absolute Gasteiger partial charge is 0.229 e. The molecule has 2 aromatic heterocycles. The third kappa shape index (κ3) is 6.00. The number of ether oxygens (including phenoxy) is 4. The Labute approximate surface area is 216 Å². The number of hydrogen-bond donors (Lipinski definition) is 1. The molecule has 0 unspecified atom stereocenters. The van der Waals surface area contributed by atoms with Crippen molar-refractivity contribution < 1.29 is 23.7 Å². The van der Waals surface area contributed by atoms with Crippen LogP contribution in [0.3, 0.4) is 0 Å². The van der Waals surface area contributed by atoms with E-state index < -0.39 is 0 Å². The fraction of sp³-hybridized carbons (Fsp3) is 0.321. The van der Waals surface area contributed by atoms with Crippen molar-refractivity contribution in [3.63, 3.8) is 0 Å². The van der Waals surface area contributed by atoms with Crippen LogP contribution < -0.4 is 19.5 Å². The van der Waals surface area contributed by atoms with E-state index in [9.17, 15) is 4.79 Å². The maximum Gasteiger partial charge on any atom is 0.229 e. The highest BCUT2D eigenvalue weighted by Crippen LogP contribution is 2.40. The fourth-order valence-electron chi connectivity index (χ4n) is 4.08. The molecule has 0 bridgehead atoms. The molecule has 194 valence electrons. The Balaban J connectivity index is 1.57. The van der Waals surface area contributed by atoms with Gasteiger partial charge in [-0.2, -0.15) is 4.98 Å². The summed E-state index contributed by atoms with van der Waals surface area (Å²) in [7, 11) is 4.69. The van der Waals surface area contributed by atoms with Crippen molar-refractivity contribution in [3.8, 4) is 22.9 Å². The molecule has 37 heavy (non-hydrogen) atoms. The topological polar surface area (TPSA) is 96.7 Å². The Bertz CT molecular complexity index is 1340. The number of methoxy groups -OCH3 is 3. The molecule has 0 amide bonds. The quantitative estimate of drug-likeness (QED) is 0.186. The average molecular weight is 505 g/mol. The zero-order valence-electron chi connectivity index (χ0n) is 21.6. The zero-order chi connectivity index (χ0) is 26.2. The summed E-state index contributed by atoms with van der Waals surface area (Å²) in [4.78, 5) is 21.9. The normalized spacial score (nSPS) is 10.9. The van der Waals surface area contributed by atoms with Gasteiger partial charge in [0.1, 0.15) is 5.65 Å². The largest absolute Gasteiger partial charge is 0.493 e. The molecule has 4 aromatic rings. The second-order valence-corrected chi connectivity index (χ2v) is 8.32. The minimum absolute atomic E-state index is 0.120. The van der Waals surface area contributed by atoms with E-state index in [-0.39, 0.29) is 5.78 Å². The number of nitrogens with one attached hydrogen (secondary N) is 1. The van der Waals surface area contributed by atoms with Gasteiger partial charge in [0.25, 0.3) is 0 Å². The minimum Gasteiger partial charge on any atom is -0.493 e. The molecule has 0 spiro atoms. The lowest BCUT2D eigenvalue weighted by Gasteiger charge is -2.14. The number of aromatic nitrogens is 3. The number of rotatable bonds is 13. The third-order valence-electron chi connectivity index (χ3n) is 5.94. The molecule has 0 fully saturated rings. The number of hydrogen-bond acceptors (Lipinski definition) is 8. The van der Waals surface area contributed by atoms with Crippen LogP contribution in [-0.4, -0.2) is 54.9 Å². The van der Waals surface area contributed by atoms with Crippen molar-refractivity contribution in [2.75, 3.05) is 39.9 Å². The first kappa shape index (κ1) is 26.0. The molecule has 9 nitrogen and oxygen atoms in total. The van der Waals surface area contributed by atoms with E-state index >= 15 is 0 Å². The number of Topliss-reactive ketones (excluding diaryl/α,β-unsaturated/α-hetero) is 1. The van der Waals surface area contributed by atoms with Gasteiger partial charge in [-0.25, -0.2) is 4.98 Å².